The standard InChI is InChI=1S/C15H21N5O3S2/c1-11(2)19-9-13(17-10-19)25(22,23)20-6-3-4-12(8-20)14(21)18-15-16-5-7-24-15/h5,7,9-12H,3-4,6,8H2,1-2H3,(H,16,18,21). The van der Waals surface area contributed by atoms with Gasteiger partial charge in [0.25, 0.3) is 10.0 Å². The van der Waals surface area contributed by atoms with Crippen LogP contribution in [-0.2, 0) is 14.8 Å². The highest BCUT2D eigenvalue weighted by molar-refractivity contribution is 7.89. The van der Waals surface area contributed by atoms with Crippen molar-refractivity contribution in [2.24, 2.45) is 5.92 Å². The summed E-state index contributed by atoms with van der Waals surface area (Å²) in [4.78, 5) is 20.4. The number of hydrogen-bond donors (Lipinski definition) is 1. The normalized spacial score (nSPS) is 19.2. The van der Waals surface area contributed by atoms with Crippen molar-refractivity contribution in [1.82, 2.24) is 18.8 Å². The van der Waals surface area contributed by atoms with Crippen LogP contribution in [0.4, 0.5) is 5.13 Å². The van der Waals surface area contributed by atoms with Gasteiger partial charge in [-0.15, -0.1) is 11.3 Å². The molecule has 1 saturated heterocycles. The molecule has 1 aliphatic rings. The molecule has 1 unspecified atom stereocenters. The molecule has 2 aromatic heterocycles. The summed E-state index contributed by atoms with van der Waals surface area (Å²) in [7, 11) is -3.69. The minimum Gasteiger partial charge on any atom is -0.334 e. The molecule has 0 bridgehead atoms. The summed E-state index contributed by atoms with van der Waals surface area (Å²) in [6.07, 6.45) is 5.97. The molecule has 136 valence electrons. The molecule has 0 aromatic carbocycles. The molecule has 0 aliphatic carbocycles. The number of aromatic nitrogens is 3. The van der Waals surface area contributed by atoms with E-state index in [0.29, 0.717) is 24.5 Å². The zero-order chi connectivity index (χ0) is 18.0. The van der Waals surface area contributed by atoms with Gasteiger partial charge in [0.1, 0.15) is 0 Å². The van der Waals surface area contributed by atoms with Gasteiger partial charge < -0.3 is 9.88 Å². The van der Waals surface area contributed by atoms with Gasteiger partial charge in [-0.3, -0.25) is 4.79 Å². The Morgan fingerprint density at radius 3 is 2.84 bits per heavy atom. The molecule has 10 heteroatoms. The van der Waals surface area contributed by atoms with E-state index in [9.17, 15) is 13.2 Å². The number of anilines is 1. The topological polar surface area (TPSA) is 97.2 Å². The Hall–Kier alpha value is -1.78. The maximum atomic E-state index is 12.8. The van der Waals surface area contributed by atoms with Crippen LogP contribution in [0, 0.1) is 5.92 Å². The molecule has 1 fully saturated rings. The third kappa shape index (κ3) is 3.91. The van der Waals surface area contributed by atoms with Gasteiger partial charge in [0.15, 0.2) is 10.2 Å². The molecular formula is C15H21N5O3S2. The Labute approximate surface area is 150 Å². The molecule has 0 spiro atoms. The SMILES string of the molecule is CC(C)n1cnc(S(=O)(=O)N2CCCC(C(=O)Nc3nccs3)C2)c1. The highest BCUT2D eigenvalue weighted by Crippen LogP contribution is 2.25. The van der Waals surface area contributed by atoms with Crippen LogP contribution >= 0.6 is 11.3 Å². The van der Waals surface area contributed by atoms with E-state index in [2.05, 4.69) is 15.3 Å². The molecular weight excluding hydrogens is 362 g/mol. The summed E-state index contributed by atoms with van der Waals surface area (Å²) >= 11 is 1.34. The largest absolute Gasteiger partial charge is 0.334 e. The van der Waals surface area contributed by atoms with Gasteiger partial charge in [0.05, 0.1) is 12.2 Å². The van der Waals surface area contributed by atoms with Crippen LogP contribution in [0.3, 0.4) is 0 Å². The van der Waals surface area contributed by atoms with E-state index in [1.807, 2.05) is 13.8 Å². The minimum atomic E-state index is -3.69. The van der Waals surface area contributed by atoms with Gasteiger partial charge in [0.2, 0.25) is 5.91 Å². The second kappa shape index (κ2) is 7.22. The van der Waals surface area contributed by atoms with Gasteiger partial charge in [0, 0.05) is 36.9 Å². The highest BCUT2D eigenvalue weighted by atomic mass is 32.2. The van der Waals surface area contributed by atoms with Gasteiger partial charge in [-0.25, -0.2) is 18.4 Å². The highest BCUT2D eigenvalue weighted by Gasteiger charge is 2.34. The third-order valence-electron chi connectivity index (χ3n) is 4.20. The molecule has 8 nitrogen and oxygen atoms in total. The molecule has 1 aliphatic heterocycles. The van der Waals surface area contributed by atoms with E-state index < -0.39 is 10.0 Å². The molecule has 0 saturated carbocycles. The van der Waals surface area contributed by atoms with E-state index in [-0.39, 0.29) is 29.4 Å². The minimum absolute atomic E-state index is 0.0298. The van der Waals surface area contributed by atoms with E-state index in [1.54, 1.807) is 22.3 Å². The summed E-state index contributed by atoms with van der Waals surface area (Å²) in [5.74, 6) is -0.581. The van der Waals surface area contributed by atoms with E-state index in [4.69, 9.17) is 0 Å². The van der Waals surface area contributed by atoms with E-state index in [0.717, 1.165) is 0 Å². The first kappa shape index (κ1) is 18.0. The Morgan fingerprint density at radius 1 is 1.40 bits per heavy atom. The zero-order valence-corrected chi connectivity index (χ0v) is 15.8. The number of thiazole rings is 1. The summed E-state index contributed by atoms with van der Waals surface area (Å²) < 4.78 is 28.7. The number of imidazole rings is 1. The lowest BCUT2D eigenvalue weighted by Crippen LogP contribution is -2.43. The summed E-state index contributed by atoms with van der Waals surface area (Å²) in [6, 6.07) is 0.134. The number of carbonyl (C=O) groups excluding carboxylic acids is 1. The Morgan fingerprint density at radius 2 is 2.20 bits per heavy atom. The second-order valence-electron chi connectivity index (χ2n) is 6.28. The lowest BCUT2D eigenvalue weighted by atomic mass is 9.99. The Bertz CT molecular complexity index is 829. The van der Waals surface area contributed by atoms with Gasteiger partial charge in [-0.2, -0.15) is 4.31 Å². The lowest BCUT2D eigenvalue weighted by molar-refractivity contribution is -0.120. The molecule has 1 atom stereocenters. The number of hydrogen-bond acceptors (Lipinski definition) is 6. The first-order chi connectivity index (χ1) is 11.9. The Kier molecular flexibility index (Phi) is 5.21. The summed E-state index contributed by atoms with van der Waals surface area (Å²) in [5, 5.41) is 5.08. The van der Waals surface area contributed by atoms with Crippen molar-refractivity contribution < 1.29 is 13.2 Å². The van der Waals surface area contributed by atoms with Gasteiger partial charge in [-0.05, 0) is 26.7 Å². The molecule has 3 heterocycles. The average Bonchev–Trinajstić information content (AvgIpc) is 3.26. The van der Waals surface area contributed by atoms with E-state index in [1.165, 1.54) is 22.0 Å². The number of nitrogens with one attached hydrogen (secondary N) is 1. The molecule has 2 aromatic rings. The predicted molar refractivity (Wildman–Crippen MR) is 94.8 cm³/mol. The fourth-order valence-electron chi connectivity index (χ4n) is 2.73. The summed E-state index contributed by atoms with van der Waals surface area (Å²) in [5.41, 5.74) is 0. The third-order valence-corrected chi connectivity index (χ3v) is 6.64. The fraction of sp³-hybridized carbons (Fsp3) is 0.533. The van der Waals surface area contributed by atoms with Crippen molar-refractivity contribution in [3.05, 3.63) is 24.1 Å². The van der Waals surface area contributed by atoms with Crippen molar-refractivity contribution >= 4 is 32.4 Å². The van der Waals surface area contributed by atoms with Crippen molar-refractivity contribution in [3.63, 3.8) is 0 Å². The zero-order valence-electron chi connectivity index (χ0n) is 14.1. The molecule has 25 heavy (non-hydrogen) atoms. The van der Waals surface area contributed by atoms with Crippen molar-refractivity contribution in [1.29, 1.82) is 0 Å². The maximum absolute atomic E-state index is 12.8. The number of rotatable bonds is 5. The quantitative estimate of drug-likeness (QED) is 0.851. The first-order valence-corrected chi connectivity index (χ1v) is 10.4. The number of sulfonamides is 1. The molecule has 3 rings (SSSR count). The van der Waals surface area contributed by atoms with Gasteiger partial charge >= 0.3 is 0 Å². The lowest BCUT2D eigenvalue weighted by Gasteiger charge is -2.30. The molecule has 1 amide bonds. The number of nitrogens with zero attached hydrogens (tertiary/aromatic N) is 4. The maximum Gasteiger partial charge on any atom is 0.262 e. The molecule has 1 N–H and O–H groups in total. The van der Waals surface area contributed by atoms with E-state index >= 15 is 0 Å². The molecule has 0 radical (unpaired) electrons. The van der Waals surface area contributed by atoms with Crippen molar-refractivity contribution in [2.45, 2.75) is 37.8 Å². The van der Waals surface area contributed by atoms with Crippen LogP contribution in [0.2, 0.25) is 0 Å². The van der Waals surface area contributed by atoms with Crippen LogP contribution in [0.5, 0.6) is 0 Å². The smallest absolute Gasteiger partial charge is 0.262 e. The van der Waals surface area contributed by atoms with Crippen molar-refractivity contribution in [2.75, 3.05) is 18.4 Å². The monoisotopic (exact) mass is 383 g/mol. The van der Waals surface area contributed by atoms with Crippen LogP contribution in [0.1, 0.15) is 32.7 Å². The predicted octanol–water partition coefficient (Wildman–Crippen LogP) is 1.96. The number of carbonyl (C=O) groups is 1. The van der Waals surface area contributed by atoms with Crippen molar-refractivity contribution in [3.8, 4) is 0 Å². The van der Waals surface area contributed by atoms with Gasteiger partial charge in [-0.1, -0.05) is 0 Å². The Balaban J connectivity index is 1.72. The fourth-order valence-corrected chi connectivity index (χ4v) is 4.71. The summed E-state index contributed by atoms with van der Waals surface area (Å²) in [6.45, 7) is 4.47. The number of piperidine rings is 1. The second-order valence-corrected chi connectivity index (χ2v) is 9.06. The van der Waals surface area contributed by atoms with Crippen LogP contribution in [0.25, 0.3) is 0 Å². The average molecular weight is 383 g/mol. The van der Waals surface area contributed by atoms with Crippen LogP contribution in [-0.4, -0.2) is 46.3 Å². The first-order valence-electron chi connectivity index (χ1n) is 8.12. The number of amides is 1. The van der Waals surface area contributed by atoms with Crippen LogP contribution < -0.4 is 5.32 Å². The van der Waals surface area contributed by atoms with Crippen LogP contribution in [0.15, 0.2) is 29.1 Å².